The van der Waals surface area contributed by atoms with Crippen molar-refractivity contribution in [3.8, 4) is 17.1 Å². The molecule has 31 heavy (non-hydrogen) atoms. The van der Waals surface area contributed by atoms with Gasteiger partial charge in [0, 0.05) is 31.0 Å². The van der Waals surface area contributed by atoms with Gasteiger partial charge in [-0.25, -0.2) is 0 Å². The number of methoxy groups -OCH3 is 1. The number of hydrogen-bond donors (Lipinski definition) is 0. The number of benzene rings is 1. The Balaban J connectivity index is 1.52. The van der Waals surface area contributed by atoms with Crippen molar-refractivity contribution in [2.75, 3.05) is 39.1 Å². The molecule has 3 aromatic rings. The van der Waals surface area contributed by atoms with Gasteiger partial charge < -0.3 is 13.9 Å². The van der Waals surface area contributed by atoms with Crippen LogP contribution in [-0.2, 0) is 11.3 Å². The van der Waals surface area contributed by atoms with Gasteiger partial charge in [0.2, 0.25) is 0 Å². The lowest BCUT2D eigenvalue weighted by atomic mass is 10.2. The molecule has 1 saturated heterocycles. The summed E-state index contributed by atoms with van der Waals surface area (Å²) in [5.41, 5.74) is 0.960. The van der Waals surface area contributed by atoms with Crippen LogP contribution < -0.4 is 4.74 Å². The number of furan rings is 1. The molecule has 1 aliphatic heterocycles. The van der Waals surface area contributed by atoms with Crippen molar-refractivity contribution in [2.24, 2.45) is 5.92 Å². The van der Waals surface area contributed by atoms with Crippen LogP contribution in [0.4, 0.5) is 0 Å². The summed E-state index contributed by atoms with van der Waals surface area (Å²) in [6, 6.07) is 11.8. The van der Waals surface area contributed by atoms with Crippen LogP contribution in [0.1, 0.15) is 19.6 Å². The summed E-state index contributed by atoms with van der Waals surface area (Å²) in [6.07, 6.45) is 1.88. The Morgan fingerprint density at radius 2 is 2.13 bits per heavy atom. The molecule has 2 aromatic heterocycles. The normalized spacial score (nSPS) is 17.4. The minimum absolute atomic E-state index is 0.187. The topological polar surface area (TPSA) is 65.6 Å². The van der Waals surface area contributed by atoms with Crippen molar-refractivity contribution in [2.45, 2.75) is 31.7 Å². The van der Waals surface area contributed by atoms with E-state index in [9.17, 15) is 0 Å². The van der Waals surface area contributed by atoms with Gasteiger partial charge in [-0.1, -0.05) is 37.7 Å². The predicted octanol–water partition coefficient (Wildman–Crippen LogP) is 4.04. The van der Waals surface area contributed by atoms with Crippen LogP contribution in [0.15, 0.2) is 52.2 Å². The molecule has 1 aliphatic rings. The third kappa shape index (κ3) is 5.70. The number of nitrogens with zero attached hydrogens (tertiary/aromatic N) is 4. The first-order valence-electron chi connectivity index (χ1n) is 10.7. The first-order valence-corrected chi connectivity index (χ1v) is 11.7. The van der Waals surface area contributed by atoms with Crippen LogP contribution in [-0.4, -0.2) is 64.9 Å². The van der Waals surface area contributed by atoms with Crippen LogP contribution in [0.25, 0.3) is 11.4 Å². The summed E-state index contributed by atoms with van der Waals surface area (Å²) in [7, 11) is 1.67. The number of aromatic nitrogens is 3. The largest absolute Gasteiger partial charge is 0.497 e. The first kappa shape index (κ1) is 21.9. The molecule has 0 radical (unpaired) electrons. The van der Waals surface area contributed by atoms with Crippen LogP contribution in [0, 0.1) is 5.92 Å². The lowest BCUT2D eigenvalue weighted by Gasteiger charge is -2.33. The number of hydrogen-bond acceptors (Lipinski definition) is 7. The molecule has 1 aromatic carbocycles. The molecule has 1 atom stereocenters. The van der Waals surface area contributed by atoms with Crippen molar-refractivity contribution < 1.29 is 13.9 Å². The van der Waals surface area contributed by atoms with E-state index in [4.69, 9.17) is 13.9 Å². The van der Waals surface area contributed by atoms with E-state index >= 15 is 0 Å². The molecular formula is C23H30N4O3S. The van der Waals surface area contributed by atoms with E-state index in [2.05, 4.69) is 33.5 Å². The van der Waals surface area contributed by atoms with Crippen LogP contribution >= 0.6 is 11.8 Å². The van der Waals surface area contributed by atoms with Crippen molar-refractivity contribution in [3.05, 3.63) is 48.4 Å². The van der Waals surface area contributed by atoms with Gasteiger partial charge in [0.1, 0.15) is 11.5 Å². The number of morpholine rings is 1. The fraction of sp³-hybridized carbons (Fsp3) is 0.478. The van der Waals surface area contributed by atoms with Crippen molar-refractivity contribution in [1.82, 2.24) is 19.7 Å². The van der Waals surface area contributed by atoms with Gasteiger partial charge in [0.05, 0.1) is 32.6 Å². The zero-order valence-electron chi connectivity index (χ0n) is 18.4. The summed E-state index contributed by atoms with van der Waals surface area (Å²) in [5, 5.41) is 9.87. The van der Waals surface area contributed by atoms with E-state index in [-0.39, 0.29) is 6.10 Å². The van der Waals surface area contributed by atoms with Gasteiger partial charge >= 0.3 is 0 Å². The Labute approximate surface area is 187 Å². The van der Waals surface area contributed by atoms with Gasteiger partial charge in [-0.05, 0) is 30.2 Å². The lowest BCUT2D eigenvalue weighted by Crippen LogP contribution is -2.44. The van der Waals surface area contributed by atoms with E-state index in [1.54, 1.807) is 25.1 Å². The third-order valence-electron chi connectivity index (χ3n) is 5.18. The Morgan fingerprint density at radius 1 is 1.23 bits per heavy atom. The molecule has 0 saturated carbocycles. The predicted molar refractivity (Wildman–Crippen MR) is 122 cm³/mol. The fourth-order valence-electron chi connectivity index (χ4n) is 3.80. The highest BCUT2D eigenvalue weighted by molar-refractivity contribution is 7.99. The number of rotatable bonds is 9. The van der Waals surface area contributed by atoms with Gasteiger partial charge in [0.25, 0.3) is 0 Å². The Hall–Kier alpha value is -2.29. The minimum atomic E-state index is 0.187. The minimum Gasteiger partial charge on any atom is -0.497 e. The highest BCUT2D eigenvalue weighted by Gasteiger charge is 2.23. The summed E-state index contributed by atoms with van der Waals surface area (Å²) in [4.78, 5) is 2.49. The molecule has 1 fully saturated rings. The number of thioether (sulfide) groups is 1. The number of ether oxygens (including phenoxy) is 2. The Kier molecular flexibility index (Phi) is 7.32. The monoisotopic (exact) mass is 442 g/mol. The fourth-order valence-corrected chi connectivity index (χ4v) is 4.75. The zero-order valence-corrected chi connectivity index (χ0v) is 19.2. The summed E-state index contributed by atoms with van der Waals surface area (Å²) < 4.78 is 19.1. The van der Waals surface area contributed by atoms with Gasteiger partial charge in [-0.2, -0.15) is 0 Å². The average Bonchev–Trinajstić information content (AvgIpc) is 3.42. The Bertz CT molecular complexity index is 958. The smallest absolute Gasteiger partial charge is 0.192 e. The molecular weight excluding hydrogens is 412 g/mol. The SMILES string of the molecule is COc1cccc(-c2nnc(SCC3CN(CC(C)C)CCO3)n2Cc2ccco2)c1. The second kappa shape index (κ2) is 10.3. The van der Waals surface area contributed by atoms with Gasteiger partial charge in [-0.3, -0.25) is 9.47 Å². The van der Waals surface area contributed by atoms with Crippen LogP contribution in [0.5, 0.6) is 5.75 Å². The molecule has 8 heteroatoms. The molecule has 0 bridgehead atoms. The Morgan fingerprint density at radius 3 is 2.90 bits per heavy atom. The molecule has 1 unspecified atom stereocenters. The quantitative estimate of drug-likeness (QED) is 0.463. The molecule has 7 nitrogen and oxygen atoms in total. The molecule has 166 valence electrons. The van der Waals surface area contributed by atoms with Crippen molar-refractivity contribution >= 4 is 11.8 Å². The van der Waals surface area contributed by atoms with Gasteiger partial charge in [0.15, 0.2) is 11.0 Å². The average molecular weight is 443 g/mol. The molecule has 4 rings (SSSR count). The van der Waals surface area contributed by atoms with Crippen molar-refractivity contribution in [1.29, 1.82) is 0 Å². The second-order valence-corrected chi connectivity index (χ2v) is 9.15. The maximum atomic E-state index is 6.02. The molecule has 3 heterocycles. The van der Waals surface area contributed by atoms with Crippen LogP contribution in [0.3, 0.4) is 0 Å². The van der Waals surface area contributed by atoms with E-state index in [1.165, 1.54) is 0 Å². The highest BCUT2D eigenvalue weighted by Crippen LogP contribution is 2.28. The van der Waals surface area contributed by atoms with E-state index < -0.39 is 0 Å². The standard InChI is InChI=1S/C23H30N4O3S/c1-17(2)13-26-9-11-30-21(14-26)16-31-23-25-24-22(18-6-4-7-19(12-18)28-3)27(23)15-20-8-5-10-29-20/h4-8,10,12,17,21H,9,11,13-16H2,1-3H3. The molecule has 0 spiro atoms. The molecule has 0 amide bonds. The molecule has 0 N–H and O–H groups in total. The maximum absolute atomic E-state index is 6.02. The van der Waals surface area contributed by atoms with Crippen LogP contribution in [0.2, 0.25) is 0 Å². The van der Waals surface area contributed by atoms with E-state index in [1.807, 2.05) is 36.4 Å². The first-order chi connectivity index (χ1) is 15.1. The highest BCUT2D eigenvalue weighted by atomic mass is 32.2. The second-order valence-electron chi connectivity index (χ2n) is 8.16. The zero-order chi connectivity index (χ0) is 21.6. The summed E-state index contributed by atoms with van der Waals surface area (Å²) >= 11 is 1.69. The van der Waals surface area contributed by atoms with Crippen molar-refractivity contribution in [3.63, 3.8) is 0 Å². The summed E-state index contributed by atoms with van der Waals surface area (Å²) in [5.74, 6) is 3.95. The summed E-state index contributed by atoms with van der Waals surface area (Å²) in [6.45, 7) is 8.95. The van der Waals surface area contributed by atoms with E-state index in [0.717, 1.165) is 60.0 Å². The van der Waals surface area contributed by atoms with E-state index in [0.29, 0.717) is 12.5 Å². The van der Waals surface area contributed by atoms with Gasteiger partial charge in [-0.15, -0.1) is 10.2 Å². The molecule has 0 aliphatic carbocycles. The lowest BCUT2D eigenvalue weighted by molar-refractivity contribution is -0.0191. The maximum Gasteiger partial charge on any atom is 0.192 e. The third-order valence-corrected chi connectivity index (χ3v) is 6.28.